The first-order chi connectivity index (χ1) is 17.4. The minimum atomic E-state index is -0.436. The fraction of sp³-hybridized carbons (Fsp3) is 0.115. The number of rotatable bonds is 9. The Hall–Kier alpha value is -4.37. The quantitative estimate of drug-likeness (QED) is 0.292. The Bertz CT molecular complexity index is 1360. The van der Waals surface area contributed by atoms with E-state index in [-0.39, 0.29) is 23.8 Å². The Morgan fingerprint density at radius 1 is 1.00 bits per heavy atom. The summed E-state index contributed by atoms with van der Waals surface area (Å²) in [6.07, 6.45) is 2.73. The molecule has 0 aliphatic heterocycles. The van der Waals surface area contributed by atoms with E-state index in [4.69, 9.17) is 25.8 Å². The highest BCUT2D eigenvalue weighted by molar-refractivity contribution is 6.32. The largest absolute Gasteiger partial charge is 0.497 e. The number of carbonyl (C=O) groups excluding carboxylic acids is 1. The molecule has 1 amide bonds. The fourth-order valence-electron chi connectivity index (χ4n) is 3.29. The van der Waals surface area contributed by atoms with Crippen LogP contribution in [0.15, 0.2) is 73.2 Å². The van der Waals surface area contributed by atoms with Crippen LogP contribution in [0.4, 0.5) is 21.6 Å². The zero-order valence-corrected chi connectivity index (χ0v) is 20.2. The van der Waals surface area contributed by atoms with Gasteiger partial charge in [0, 0.05) is 35.8 Å². The van der Waals surface area contributed by atoms with E-state index < -0.39 is 5.91 Å². The Kier molecular flexibility index (Phi) is 7.82. The van der Waals surface area contributed by atoms with Crippen molar-refractivity contribution < 1.29 is 23.4 Å². The van der Waals surface area contributed by atoms with Gasteiger partial charge in [-0.3, -0.25) is 4.79 Å². The standard InChI is InChI=1S/C26H22ClFN4O4/c1-34-20-9-19(10-21(12-20)35-2)32-26(33)22-13-29-15-30-25(22)31-18-6-7-24(23(27)11-18)36-14-16-4-3-5-17(28)8-16/h3-13,15H,14H2,1-2H3,(H,32,33)(H,29,30,31). The van der Waals surface area contributed by atoms with E-state index in [2.05, 4.69) is 20.6 Å². The summed E-state index contributed by atoms with van der Waals surface area (Å²) in [6.45, 7) is 0.162. The molecule has 1 aromatic heterocycles. The molecule has 4 rings (SSSR count). The lowest BCUT2D eigenvalue weighted by atomic mass is 10.2. The minimum absolute atomic E-state index is 0.162. The highest BCUT2D eigenvalue weighted by Crippen LogP contribution is 2.31. The van der Waals surface area contributed by atoms with Crippen LogP contribution in [0.2, 0.25) is 5.02 Å². The maximum absolute atomic E-state index is 13.4. The van der Waals surface area contributed by atoms with Crippen LogP contribution in [0.3, 0.4) is 0 Å². The predicted octanol–water partition coefficient (Wildman–Crippen LogP) is 5.86. The van der Waals surface area contributed by atoms with Gasteiger partial charge in [-0.1, -0.05) is 23.7 Å². The number of amides is 1. The first-order valence-corrected chi connectivity index (χ1v) is 11.1. The van der Waals surface area contributed by atoms with Crippen LogP contribution in [0.5, 0.6) is 17.2 Å². The second-order valence-corrected chi connectivity index (χ2v) is 7.94. The number of hydrogen-bond acceptors (Lipinski definition) is 7. The molecule has 0 aliphatic carbocycles. The molecule has 1 heterocycles. The molecular weight excluding hydrogens is 487 g/mol. The van der Waals surface area contributed by atoms with Gasteiger partial charge in [0.1, 0.15) is 47.4 Å². The van der Waals surface area contributed by atoms with Crippen LogP contribution in [0, 0.1) is 5.82 Å². The van der Waals surface area contributed by atoms with E-state index in [0.29, 0.717) is 39.2 Å². The van der Waals surface area contributed by atoms with Crippen molar-refractivity contribution >= 4 is 34.7 Å². The molecule has 0 radical (unpaired) electrons. The lowest BCUT2D eigenvalue weighted by Gasteiger charge is -2.13. The van der Waals surface area contributed by atoms with Gasteiger partial charge >= 0.3 is 0 Å². The molecule has 0 spiro atoms. The van der Waals surface area contributed by atoms with E-state index in [1.54, 1.807) is 48.5 Å². The van der Waals surface area contributed by atoms with Crippen LogP contribution in [0.25, 0.3) is 0 Å². The first-order valence-electron chi connectivity index (χ1n) is 10.7. The van der Waals surface area contributed by atoms with Gasteiger partial charge in [-0.05, 0) is 35.9 Å². The monoisotopic (exact) mass is 508 g/mol. The molecule has 0 unspecified atom stereocenters. The van der Waals surface area contributed by atoms with Crippen LogP contribution in [-0.4, -0.2) is 30.1 Å². The van der Waals surface area contributed by atoms with Crippen molar-refractivity contribution in [1.82, 2.24) is 9.97 Å². The van der Waals surface area contributed by atoms with Gasteiger partial charge in [0.2, 0.25) is 0 Å². The first kappa shape index (κ1) is 24.7. The van der Waals surface area contributed by atoms with E-state index in [1.807, 2.05) is 0 Å². The molecule has 184 valence electrons. The summed E-state index contributed by atoms with van der Waals surface area (Å²) in [6, 6.07) is 16.2. The second kappa shape index (κ2) is 11.4. The Balaban J connectivity index is 1.48. The van der Waals surface area contributed by atoms with E-state index in [1.165, 1.54) is 38.9 Å². The number of carbonyl (C=O) groups is 1. The molecular formula is C26H22ClFN4O4. The molecule has 0 atom stereocenters. The van der Waals surface area contributed by atoms with E-state index in [0.717, 1.165) is 0 Å². The number of benzene rings is 3. The molecule has 0 aliphatic rings. The minimum Gasteiger partial charge on any atom is -0.497 e. The molecule has 0 fully saturated rings. The Morgan fingerprint density at radius 2 is 1.78 bits per heavy atom. The van der Waals surface area contributed by atoms with Crippen molar-refractivity contribution in [3.63, 3.8) is 0 Å². The van der Waals surface area contributed by atoms with Crippen molar-refractivity contribution in [2.75, 3.05) is 24.9 Å². The summed E-state index contributed by atoms with van der Waals surface area (Å²) in [5, 5.41) is 6.21. The third-order valence-corrected chi connectivity index (χ3v) is 5.34. The maximum atomic E-state index is 13.4. The Labute approximate surface area is 212 Å². The summed E-state index contributed by atoms with van der Waals surface area (Å²) in [4.78, 5) is 21.2. The number of methoxy groups -OCH3 is 2. The summed E-state index contributed by atoms with van der Waals surface area (Å²) in [5.41, 5.74) is 1.95. The topological polar surface area (TPSA) is 94.6 Å². The number of anilines is 3. The van der Waals surface area contributed by atoms with Crippen molar-refractivity contribution in [1.29, 1.82) is 0 Å². The maximum Gasteiger partial charge on any atom is 0.261 e. The van der Waals surface area contributed by atoms with Crippen LogP contribution in [-0.2, 0) is 6.61 Å². The molecule has 0 bridgehead atoms. The summed E-state index contributed by atoms with van der Waals surface area (Å²) >= 11 is 6.39. The SMILES string of the molecule is COc1cc(NC(=O)c2cncnc2Nc2ccc(OCc3cccc(F)c3)c(Cl)c2)cc(OC)c1. The number of aromatic nitrogens is 2. The Morgan fingerprint density at radius 3 is 2.47 bits per heavy atom. The highest BCUT2D eigenvalue weighted by Gasteiger charge is 2.15. The van der Waals surface area contributed by atoms with Gasteiger partial charge < -0.3 is 24.8 Å². The molecule has 0 saturated carbocycles. The van der Waals surface area contributed by atoms with Gasteiger partial charge in [0.15, 0.2) is 0 Å². The average Bonchev–Trinajstić information content (AvgIpc) is 2.88. The van der Waals surface area contributed by atoms with Crippen molar-refractivity contribution in [2.24, 2.45) is 0 Å². The lowest BCUT2D eigenvalue weighted by Crippen LogP contribution is -2.15. The molecule has 0 saturated heterocycles. The fourth-order valence-corrected chi connectivity index (χ4v) is 3.53. The number of halogens is 2. The molecule has 4 aromatic rings. The van der Waals surface area contributed by atoms with Crippen molar-refractivity contribution in [3.05, 3.63) is 95.2 Å². The molecule has 10 heteroatoms. The van der Waals surface area contributed by atoms with Gasteiger partial charge in [-0.15, -0.1) is 0 Å². The number of hydrogen-bond donors (Lipinski definition) is 2. The van der Waals surface area contributed by atoms with Crippen LogP contribution in [0.1, 0.15) is 15.9 Å². The molecule has 8 nitrogen and oxygen atoms in total. The summed E-state index contributed by atoms with van der Waals surface area (Å²) < 4.78 is 29.6. The van der Waals surface area contributed by atoms with Crippen molar-refractivity contribution in [2.45, 2.75) is 6.61 Å². The predicted molar refractivity (Wildman–Crippen MR) is 135 cm³/mol. The zero-order valence-electron chi connectivity index (χ0n) is 19.4. The van der Waals surface area contributed by atoms with Gasteiger partial charge in [-0.2, -0.15) is 0 Å². The smallest absolute Gasteiger partial charge is 0.261 e. The van der Waals surface area contributed by atoms with Crippen molar-refractivity contribution in [3.8, 4) is 17.2 Å². The van der Waals surface area contributed by atoms with Gasteiger partial charge in [-0.25, -0.2) is 14.4 Å². The third kappa shape index (κ3) is 6.19. The van der Waals surface area contributed by atoms with Crippen LogP contribution < -0.4 is 24.8 Å². The molecule has 3 aromatic carbocycles. The number of ether oxygens (including phenoxy) is 3. The molecule has 2 N–H and O–H groups in total. The highest BCUT2D eigenvalue weighted by atomic mass is 35.5. The van der Waals surface area contributed by atoms with Gasteiger partial charge in [0.05, 0.1) is 19.2 Å². The number of nitrogens with zero attached hydrogens (tertiary/aromatic N) is 2. The van der Waals surface area contributed by atoms with E-state index >= 15 is 0 Å². The summed E-state index contributed by atoms with van der Waals surface area (Å²) in [5.74, 6) is 0.996. The summed E-state index contributed by atoms with van der Waals surface area (Å²) in [7, 11) is 3.05. The zero-order chi connectivity index (χ0) is 25.5. The van der Waals surface area contributed by atoms with Gasteiger partial charge in [0.25, 0.3) is 5.91 Å². The second-order valence-electron chi connectivity index (χ2n) is 7.53. The molecule has 36 heavy (non-hydrogen) atoms. The third-order valence-electron chi connectivity index (χ3n) is 5.04. The average molecular weight is 509 g/mol. The lowest BCUT2D eigenvalue weighted by molar-refractivity contribution is 0.102. The van der Waals surface area contributed by atoms with Crippen LogP contribution >= 0.6 is 11.6 Å². The van der Waals surface area contributed by atoms with E-state index in [9.17, 15) is 9.18 Å². The normalized spacial score (nSPS) is 10.4. The number of nitrogens with one attached hydrogen (secondary N) is 2.